The number of rotatable bonds is 7. The van der Waals surface area contributed by atoms with Gasteiger partial charge in [-0.2, -0.15) is 0 Å². The quantitative estimate of drug-likeness (QED) is 0.694. The Labute approximate surface area is 160 Å². The van der Waals surface area contributed by atoms with E-state index in [1.165, 1.54) is 5.56 Å². The summed E-state index contributed by atoms with van der Waals surface area (Å²) in [6.07, 6.45) is 0. The summed E-state index contributed by atoms with van der Waals surface area (Å²) in [5.41, 5.74) is 5.31. The first kappa shape index (κ1) is 19.3. The van der Waals surface area contributed by atoms with Crippen LogP contribution in [0, 0.1) is 13.8 Å². The summed E-state index contributed by atoms with van der Waals surface area (Å²) in [5.74, 6) is 0. The molecule has 2 aromatic carbocycles. The van der Waals surface area contributed by atoms with Crippen molar-refractivity contribution < 1.29 is 4.74 Å². The summed E-state index contributed by atoms with van der Waals surface area (Å²) in [6.45, 7) is 7.90. The summed E-state index contributed by atoms with van der Waals surface area (Å²) in [7, 11) is 1.69. The Morgan fingerprint density at radius 2 is 1.85 bits per heavy atom. The van der Waals surface area contributed by atoms with Gasteiger partial charge in [0, 0.05) is 25.3 Å². The summed E-state index contributed by atoms with van der Waals surface area (Å²) < 4.78 is 7.07. The van der Waals surface area contributed by atoms with Crippen LogP contribution in [-0.4, -0.2) is 24.3 Å². The Balaban J connectivity index is 2.04. The number of aryl methyl sites for hydroxylation is 2. The second-order valence-electron chi connectivity index (χ2n) is 7.35. The highest BCUT2D eigenvalue weighted by molar-refractivity contribution is 5.80. The van der Waals surface area contributed by atoms with E-state index >= 15 is 0 Å². The van der Waals surface area contributed by atoms with Crippen molar-refractivity contribution in [3.63, 3.8) is 0 Å². The zero-order valence-corrected chi connectivity index (χ0v) is 16.6. The van der Waals surface area contributed by atoms with Gasteiger partial charge >= 0.3 is 0 Å². The first-order chi connectivity index (χ1) is 13.0. The third-order valence-electron chi connectivity index (χ3n) is 4.81. The third kappa shape index (κ3) is 4.65. The zero-order valence-electron chi connectivity index (χ0n) is 16.6. The lowest BCUT2D eigenvalue weighted by atomic mass is 10.1. The van der Waals surface area contributed by atoms with E-state index in [4.69, 9.17) is 4.74 Å². The van der Waals surface area contributed by atoms with Crippen LogP contribution in [0.4, 0.5) is 0 Å². The predicted molar refractivity (Wildman–Crippen MR) is 111 cm³/mol. The van der Waals surface area contributed by atoms with Crippen molar-refractivity contribution in [3.05, 3.63) is 81.1 Å². The van der Waals surface area contributed by atoms with Gasteiger partial charge in [0.2, 0.25) is 0 Å². The normalized spacial score (nSPS) is 12.4. The maximum atomic E-state index is 13.2. The fraction of sp³-hybridized carbons (Fsp3) is 0.348. The van der Waals surface area contributed by atoms with E-state index in [-0.39, 0.29) is 11.6 Å². The Morgan fingerprint density at radius 3 is 2.59 bits per heavy atom. The molecule has 0 aliphatic carbocycles. The molecule has 0 saturated heterocycles. The predicted octanol–water partition coefficient (Wildman–Crippen LogP) is 3.79. The van der Waals surface area contributed by atoms with Crippen LogP contribution in [0.1, 0.15) is 29.2 Å². The van der Waals surface area contributed by atoms with Crippen LogP contribution in [-0.2, 0) is 17.8 Å². The van der Waals surface area contributed by atoms with Gasteiger partial charge < -0.3 is 14.6 Å². The van der Waals surface area contributed by atoms with E-state index in [1.807, 2.05) is 16.7 Å². The molecule has 3 rings (SSSR count). The lowest BCUT2D eigenvalue weighted by Gasteiger charge is -2.16. The topological polar surface area (TPSA) is 43.3 Å². The van der Waals surface area contributed by atoms with Crippen molar-refractivity contribution in [1.29, 1.82) is 0 Å². The first-order valence-electron chi connectivity index (χ1n) is 9.39. The van der Waals surface area contributed by atoms with Crippen molar-refractivity contribution in [1.82, 2.24) is 9.88 Å². The molecule has 0 radical (unpaired) electrons. The van der Waals surface area contributed by atoms with Crippen molar-refractivity contribution in [2.75, 3.05) is 13.7 Å². The fourth-order valence-electron chi connectivity index (χ4n) is 3.41. The number of benzene rings is 2. The molecule has 1 heterocycles. The highest BCUT2D eigenvalue weighted by Crippen LogP contribution is 2.17. The number of nitrogens with one attached hydrogen (secondary N) is 1. The third-order valence-corrected chi connectivity index (χ3v) is 4.81. The smallest absolute Gasteiger partial charge is 0.255 e. The zero-order chi connectivity index (χ0) is 19.4. The lowest BCUT2D eigenvalue weighted by Crippen LogP contribution is -2.33. The molecule has 0 aliphatic rings. The van der Waals surface area contributed by atoms with Crippen molar-refractivity contribution in [2.24, 2.45) is 0 Å². The Kier molecular flexibility index (Phi) is 6.09. The monoisotopic (exact) mass is 364 g/mol. The van der Waals surface area contributed by atoms with Crippen molar-refractivity contribution in [2.45, 2.75) is 39.9 Å². The number of methoxy groups -OCH3 is 1. The highest BCUT2D eigenvalue weighted by atomic mass is 16.5. The van der Waals surface area contributed by atoms with Crippen LogP contribution in [0.15, 0.2) is 53.3 Å². The van der Waals surface area contributed by atoms with Crippen molar-refractivity contribution >= 4 is 10.9 Å². The molecule has 4 heteroatoms. The molecule has 0 fully saturated rings. The summed E-state index contributed by atoms with van der Waals surface area (Å²) >= 11 is 0. The lowest BCUT2D eigenvalue weighted by molar-refractivity contribution is 0.171. The van der Waals surface area contributed by atoms with Gasteiger partial charge in [-0.1, -0.05) is 42.0 Å². The number of ether oxygens (including phenoxy) is 1. The highest BCUT2D eigenvalue weighted by Gasteiger charge is 2.11. The molecular weight excluding hydrogens is 336 g/mol. The van der Waals surface area contributed by atoms with Crippen LogP contribution in [0.25, 0.3) is 10.9 Å². The Bertz CT molecular complexity index is 991. The average molecular weight is 364 g/mol. The molecule has 0 spiro atoms. The number of hydrogen-bond donors (Lipinski definition) is 1. The van der Waals surface area contributed by atoms with Gasteiger partial charge in [0.25, 0.3) is 5.56 Å². The number of pyridine rings is 1. The van der Waals surface area contributed by atoms with Gasteiger partial charge in [-0.25, -0.2) is 0 Å². The molecule has 4 nitrogen and oxygen atoms in total. The van der Waals surface area contributed by atoms with E-state index in [1.54, 1.807) is 7.11 Å². The maximum absolute atomic E-state index is 13.2. The molecule has 1 N–H and O–H groups in total. The number of aromatic nitrogens is 1. The van der Waals surface area contributed by atoms with Crippen LogP contribution in [0.5, 0.6) is 0 Å². The van der Waals surface area contributed by atoms with Gasteiger partial charge in [-0.15, -0.1) is 0 Å². The minimum absolute atomic E-state index is 0.0618. The second kappa shape index (κ2) is 8.51. The second-order valence-corrected chi connectivity index (χ2v) is 7.35. The summed E-state index contributed by atoms with van der Waals surface area (Å²) in [4.78, 5) is 13.2. The minimum Gasteiger partial charge on any atom is -0.383 e. The van der Waals surface area contributed by atoms with E-state index < -0.39 is 0 Å². The largest absolute Gasteiger partial charge is 0.383 e. The Hall–Kier alpha value is -2.43. The molecule has 1 atom stereocenters. The summed E-state index contributed by atoms with van der Waals surface area (Å²) in [5, 5.41) is 4.47. The minimum atomic E-state index is 0.0618. The van der Waals surface area contributed by atoms with Crippen LogP contribution >= 0.6 is 0 Å². The van der Waals surface area contributed by atoms with Gasteiger partial charge in [-0.3, -0.25) is 4.79 Å². The van der Waals surface area contributed by atoms with E-state index in [0.717, 1.165) is 27.6 Å². The van der Waals surface area contributed by atoms with Crippen LogP contribution < -0.4 is 10.9 Å². The SMILES string of the molecule is COCC(C)NCc1cc2ccc(C)cc2n(Cc2cccc(C)c2)c1=O. The summed E-state index contributed by atoms with van der Waals surface area (Å²) in [6, 6.07) is 16.8. The molecule has 27 heavy (non-hydrogen) atoms. The van der Waals surface area contributed by atoms with Gasteiger partial charge in [-0.05, 0) is 49.4 Å². The number of hydrogen-bond acceptors (Lipinski definition) is 3. The van der Waals surface area contributed by atoms with E-state index in [0.29, 0.717) is 19.7 Å². The molecule has 0 bridgehead atoms. The first-order valence-corrected chi connectivity index (χ1v) is 9.39. The molecular formula is C23H28N2O2. The van der Waals surface area contributed by atoms with Crippen LogP contribution in [0.2, 0.25) is 0 Å². The van der Waals surface area contributed by atoms with Gasteiger partial charge in [0.05, 0.1) is 18.7 Å². The fourth-order valence-corrected chi connectivity index (χ4v) is 3.41. The maximum Gasteiger partial charge on any atom is 0.255 e. The van der Waals surface area contributed by atoms with E-state index in [9.17, 15) is 4.79 Å². The molecule has 0 aliphatic heterocycles. The Morgan fingerprint density at radius 1 is 1.07 bits per heavy atom. The molecule has 0 saturated carbocycles. The van der Waals surface area contributed by atoms with Gasteiger partial charge in [0.15, 0.2) is 0 Å². The molecule has 3 aromatic rings. The molecule has 1 aromatic heterocycles. The average Bonchev–Trinajstić information content (AvgIpc) is 2.63. The standard InChI is InChI=1S/C23H28N2O2/c1-16-6-5-7-19(10-16)14-25-22-11-17(2)8-9-20(22)12-21(23(25)26)13-24-18(3)15-27-4/h5-12,18,24H,13-15H2,1-4H3. The van der Waals surface area contributed by atoms with E-state index in [2.05, 4.69) is 62.5 Å². The number of nitrogens with zero attached hydrogens (tertiary/aromatic N) is 1. The van der Waals surface area contributed by atoms with Crippen molar-refractivity contribution in [3.8, 4) is 0 Å². The molecule has 142 valence electrons. The number of fused-ring (bicyclic) bond motifs is 1. The van der Waals surface area contributed by atoms with Gasteiger partial charge in [0.1, 0.15) is 0 Å². The molecule has 0 amide bonds. The van der Waals surface area contributed by atoms with Crippen LogP contribution in [0.3, 0.4) is 0 Å². The molecule has 1 unspecified atom stereocenters.